The van der Waals surface area contributed by atoms with Gasteiger partial charge in [0.2, 0.25) is 0 Å². The van der Waals surface area contributed by atoms with Crippen molar-refractivity contribution in [3.63, 3.8) is 0 Å². The standard InChI is InChI=1S/C15H13NO/c16-11-14-8-5-12(6-9-14)4-7-13-2-1-3-15(17)10-13/h1-11,16-17H/b7-4+,16-11?. The van der Waals surface area contributed by atoms with Crippen LogP contribution < -0.4 is 0 Å². The van der Waals surface area contributed by atoms with Gasteiger partial charge < -0.3 is 10.5 Å². The van der Waals surface area contributed by atoms with Gasteiger partial charge in [0.1, 0.15) is 5.75 Å². The molecule has 2 nitrogen and oxygen atoms in total. The Bertz CT molecular complexity index is 541. The molecule has 0 bridgehead atoms. The van der Waals surface area contributed by atoms with E-state index in [9.17, 15) is 5.11 Å². The maximum atomic E-state index is 9.32. The van der Waals surface area contributed by atoms with Crippen LogP contribution in [0.25, 0.3) is 12.2 Å². The highest BCUT2D eigenvalue weighted by molar-refractivity contribution is 5.78. The van der Waals surface area contributed by atoms with Gasteiger partial charge in [-0.15, -0.1) is 0 Å². The zero-order valence-electron chi connectivity index (χ0n) is 9.30. The summed E-state index contributed by atoms with van der Waals surface area (Å²) < 4.78 is 0. The summed E-state index contributed by atoms with van der Waals surface area (Å²) in [4.78, 5) is 0. The van der Waals surface area contributed by atoms with Gasteiger partial charge in [0, 0.05) is 6.21 Å². The Hall–Kier alpha value is -2.35. The largest absolute Gasteiger partial charge is 0.508 e. The highest BCUT2D eigenvalue weighted by atomic mass is 16.3. The number of phenolic OH excluding ortho intramolecular Hbond substituents is 1. The second-order valence-electron chi connectivity index (χ2n) is 3.74. The minimum absolute atomic E-state index is 0.270. The average Bonchev–Trinajstić information content (AvgIpc) is 2.37. The van der Waals surface area contributed by atoms with Crippen molar-refractivity contribution in [1.29, 1.82) is 5.41 Å². The van der Waals surface area contributed by atoms with Gasteiger partial charge in [-0.3, -0.25) is 0 Å². The summed E-state index contributed by atoms with van der Waals surface area (Å²) in [6, 6.07) is 14.8. The molecule has 0 radical (unpaired) electrons. The molecule has 0 saturated carbocycles. The van der Waals surface area contributed by atoms with Crippen LogP contribution in [0.3, 0.4) is 0 Å². The van der Waals surface area contributed by atoms with Crippen LogP contribution in [0.2, 0.25) is 0 Å². The molecule has 0 saturated heterocycles. The van der Waals surface area contributed by atoms with E-state index in [4.69, 9.17) is 5.41 Å². The number of hydrogen-bond acceptors (Lipinski definition) is 2. The summed E-state index contributed by atoms with van der Waals surface area (Å²) in [5.41, 5.74) is 2.92. The first-order valence-electron chi connectivity index (χ1n) is 5.35. The molecule has 0 fully saturated rings. The predicted octanol–water partition coefficient (Wildman–Crippen LogP) is 3.56. The van der Waals surface area contributed by atoms with Crippen LogP contribution in [0.15, 0.2) is 48.5 Å². The zero-order chi connectivity index (χ0) is 12.1. The van der Waals surface area contributed by atoms with Crippen LogP contribution in [-0.4, -0.2) is 11.3 Å². The molecule has 0 spiro atoms. The van der Waals surface area contributed by atoms with Crippen LogP contribution >= 0.6 is 0 Å². The molecule has 0 aromatic heterocycles. The van der Waals surface area contributed by atoms with Crippen molar-refractivity contribution in [1.82, 2.24) is 0 Å². The van der Waals surface area contributed by atoms with Crippen molar-refractivity contribution in [2.24, 2.45) is 0 Å². The Morgan fingerprint density at radius 3 is 2.12 bits per heavy atom. The van der Waals surface area contributed by atoms with E-state index in [2.05, 4.69) is 0 Å². The van der Waals surface area contributed by atoms with E-state index >= 15 is 0 Å². The van der Waals surface area contributed by atoms with Crippen LogP contribution in [-0.2, 0) is 0 Å². The van der Waals surface area contributed by atoms with Gasteiger partial charge >= 0.3 is 0 Å². The number of hydrogen-bond donors (Lipinski definition) is 2. The van der Waals surface area contributed by atoms with E-state index in [0.717, 1.165) is 16.7 Å². The van der Waals surface area contributed by atoms with Crippen molar-refractivity contribution >= 4 is 18.4 Å². The summed E-state index contributed by atoms with van der Waals surface area (Å²) in [7, 11) is 0. The Morgan fingerprint density at radius 1 is 0.824 bits per heavy atom. The zero-order valence-corrected chi connectivity index (χ0v) is 9.30. The number of rotatable bonds is 3. The van der Waals surface area contributed by atoms with Crippen LogP contribution in [0, 0.1) is 5.41 Å². The van der Waals surface area contributed by atoms with Gasteiger partial charge in [0.15, 0.2) is 0 Å². The smallest absolute Gasteiger partial charge is 0.116 e. The van der Waals surface area contributed by atoms with Crippen molar-refractivity contribution < 1.29 is 5.11 Å². The SMILES string of the molecule is N=Cc1ccc(/C=C/c2cccc(O)c2)cc1. The number of benzene rings is 2. The van der Waals surface area contributed by atoms with E-state index in [1.165, 1.54) is 6.21 Å². The number of phenols is 1. The van der Waals surface area contributed by atoms with Gasteiger partial charge in [0.05, 0.1) is 0 Å². The van der Waals surface area contributed by atoms with Gasteiger partial charge in [0.25, 0.3) is 0 Å². The van der Waals surface area contributed by atoms with Crippen LogP contribution in [0.4, 0.5) is 0 Å². The van der Waals surface area contributed by atoms with E-state index < -0.39 is 0 Å². The van der Waals surface area contributed by atoms with E-state index in [1.54, 1.807) is 12.1 Å². The van der Waals surface area contributed by atoms with Crippen molar-refractivity contribution in [3.05, 3.63) is 65.2 Å². The topological polar surface area (TPSA) is 44.1 Å². The van der Waals surface area contributed by atoms with Gasteiger partial charge in [-0.2, -0.15) is 0 Å². The fourth-order valence-corrected chi connectivity index (χ4v) is 1.52. The van der Waals surface area contributed by atoms with E-state index in [1.807, 2.05) is 48.6 Å². The molecule has 0 aliphatic heterocycles. The number of aromatic hydroxyl groups is 1. The Labute approximate surface area is 100 Å². The third-order valence-corrected chi connectivity index (χ3v) is 2.44. The summed E-state index contributed by atoms with van der Waals surface area (Å²) in [6.07, 6.45) is 5.24. The molecule has 0 atom stereocenters. The molecule has 0 aliphatic rings. The maximum Gasteiger partial charge on any atom is 0.116 e. The lowest BCUT2D eigenvalue weighted by Gasteiger charge is -1.96. The third-order valence-electron chi connectivity index (χ3n) is 2.44. The highest BCUT2D eigenvalue weighted by Gasteiger charge is 1.91. The van der Waals surface area contributed by atoms with Crippen LogP contribution in [0.5, 0.6) is 5.75 Å². The van der Waals surface area contributed by atoms with Gasteiger partial charge in [-0.25, -0.2) is 0 Å². The molecule has 0 aliphatic carbocycles. The molecule has 2 heteroatoms. The fraction of sp³-hybridized carbons (Fsp3) is 0. The monoisotopic (exact) mass is 223 g/mol. The van der Waals surface area contributed by atoms with Crippen molar-refractivity contribution in [2.45, 2.75) is 0 Å². The second kappa shape index (κ2) is 5.12. The summed E-state index contributed by atoms with van der Waals surface area (Å²) in [5, 5.41) is 16.4. The molecule has 2 rings (SSSR count). The molecule has 0 unspecified atom stereocenters. The molecular weight excluding hydrogens is 210 g/mol. The quantitative estimate of drug-likeness (QED) is 0.606. The van der Waals surface area contributed by atoms with Gasteiger partial charge in [-0.1, -0.05) is 48.6 Å². The first kappa shape index (κ1) is 11.1. The lowest BCUT2D eigenvalue weighted by Crippen LogP contribution is -1.78. The summed E-state index contributed by atoms with van der Waals surface area (Å²) in [5.74, 6) is 0.270. The van der Waals surface area contributed by atoms with E-state index in [-0.39, 0.29) is 5.75 Å². The first-order chi connectivity index (χ1) is 8.28. The fourth-order valence-electron chi connectivity index (χ4n) is 1.52. The molecule has 2 N–H and O–H groups in total. The molecule has 84 valence electrons. The average molecular weight is 223 g/mol. The number of nitrogens with one attached hydrogen (secondary N) is 1. The van der Waals surface area contributed by atoms with E-state index in [0.29, 0.717) is 0 Å². The predicted molar refractivity (Wildman–Crippen MR) is 71.4 cm³/mol. The molecular formula is C15H13NO. The molecule has 2 aromatic carbocycles. The Balaban J connectivity index is 2.17. The lowest BCUT2D eigenvalue weighted by molar-refractivity contribution is 0.475. The van der Waals surface area contributed by atoms with Crippen molar-refractivity contribution in [3.8, 4) is 5.75 Å². The minimum atomic E-state index is 0.270. The first-order valence-corrected chi connectivity index (χ1v) is 5.35. The highest BCUT2D eigenvalue weighted by Crippen LogP contribution is 2.14. The maximum absolute atomic E-state index is 9.32. The minimum Gasteiger partial charge on any atom is -0.508 e. The van der Waals surface area contributed by atoms with Gasteiger partial charge in [-0.05, 0) is 28.8 Å². The lowest BCUT2D eigenvalue weighted by atomic mass is 10.1. The van der Waals surface area contributed by atoms with Crippen LogP contribution in [0.1, 0.15) is 16.7 Å². The summed E-state index contributed by atoms with van der Waals surface area (Å²) >= 11 is 0. The molecule has 0 heterocycles. The summed E-state index contributed by atoms with van der Waals surface area (Å²) in [6.45, 7) is 0. The molecule has 0 amide bonds. The molecule has 2 aromatic rings. The second-order valence-corrected chi connectivity index (χ2v) is 3.74. The Morgan fingerprint density at radius 2 is 1.47 bits per heavy atom. The third kappa shape index (κ3) is 3.05. The molecule has 17 heavy (non-hydrogen) atoms. The Kier molecular flexibility index (Phi) is 3.36. The normalized spacial score (nSPS) is 10.6. The van der Waals surface area contributed by atoms with Crippen molar-refractivity contribution in [2.75, 3.05) is 0 Å².